The van der Waals surface area contributed by atoms with E-state index in [4.69, 9.17) is 17.7 Å². The third-order valence-corrected chi connectivity index (χ3v) is 21.9. The van der Waals surface area contributed by atoms with Crippen LogP contribution in [0, 0.1) is 0 Å². The summed E-state index contributed by atoms with van der Waals surface area (Å²) >= 11 is 0. The van der Waals surface area contributed by atoms with E-state index in [1.54, 1.807) is 0 Å². The number of hydrogen-bond donors (Lipinski definition) is 0. The molecule has 0 radical (unpaired) electrons. The molecule has 3 fully saturated rings. The lowest BCUT2D eigenvalue weighted by Crippen LogP contribution is -2.54. The lowest BCUT2D eigenvalue weighted by Gasteiger charge is -2.37. The zero-order valence-electron chi connectivity index (χ0n) is 20.5. The van der Waals surface area contributed by atoms with Gasteiger partial charge < -0.3 is 17.7 Å². The Bertz CT molecular complexity index is 431. The first-order chi connectivity index (χ1) is 12.5. The summed E-state index contributed by atoms with van der Waals surface area (Å²) in [5.41, 5.74) is 1.46. The van der Waals surface area contributed by atoms with Gasteiger partial charge in [-0.05, 0) is 76.6 Å². The summed E-state index contributed by atoms with van der Waals surface area (Å²) in [7, 11) is -5.78. The van der Waals surface area contributed by atoms with E-state index in [1.807, 2.05) is 0 Å². The Hall–Kier alpha value is 0.924. The second kappa shape index (κ2) is 10.5. The first-order valence-electron chi connectivity index (χ1n) is 11.1. The fourth-order valence-corrected chi connectivity index (χ4v) is 23.7. The Morgan fingerprint density at radius 2 is 0.964 bits per heavy atom. The minimum atomic E-state index is -1.37. The third kappa shape index (κ3) is 11.9. The Morgan fingerprint density at radius 3 is 1.21 bits per heavy atom. The molecule has 4 nitrogen and oxygen atoms in total. The molecule has 0 saturated carbocycles. The molecule has 0 aromatic rings. The van der Waals surface area contributed by atoms with Crippen LogP contribution in [0.1, 0.15) is 12.8 Å². The van der Waals surface area contributed by atoms with E-state index in [9.17, 15) is 0 Å². The third-order valence-electron chi connectivity index (χ3n) is 5.46. The predicted octanol–water partition coefficient (Wildman–Crippen LogP) is 5.99. The maximum Gasteiger partial charge on any atom is 0.210 e. The van der Waals surface area contributed by atoms with Gasteiger partial charge in [0, 0.05) is 21.3 Å². The van der Waals surface area contributed by atoms with Gasteiger partial charge in [0.15, 0.2) is 16.6 Å². The average molecular weight is 481 g/mol. The van der Waals surface area contributed by atoms with Crippen LogP contribution < -0.4 is 0 Å². The molecule has 28 heavy (non-hydrogen) atoms. The molecule has 0 aliphatic carbocycles. The van der Waals surface area contributed by atoms with Crippen molar-refractivity contribution in [3.8, 4) is 0 Å². The van der Waals surface area contributed by atoms with Crippen LogP contribution in [-0.2, 0) is 17.7 Å². The average Bonchev–Trinajstić information content (AvgIpc) is 2.50. The molecule has 3 heterocycles. The van der Waals surface area contributed by atoms with Crippen molar-refractivity contribution < 1.29 is 17.7 Å². The first-order valence-corrected chi connectivity index (χ1v) is 27.0. The van der Waals surface area contributed by atoms with Gasteiger partial charge in [-0.3, -0.25) is 0 Å². The summed E-state index contributed by atoms with van der Waals surface area (Å²) in [6, 6.07) is 2.75. The highest BCUT2D eigenvalue weighted by Crippen LogP contribution is 2.29. The minimum Gasteiger partial charge on any atom is -0.418 e. The fourth-order valence-electron chi connectivity index (χ4n) is 3.79. The van der Waals surface area contributed by atoms with Crippen LogP contribution >= 0.6 is 0 Å². The highest BCUT2D eigenvalue weighted by atomic mass is 28.4. The highest BCUT2D eigenvalue weighted by Gasteiger charge is 2.37. The highest BCUT2D eigenvalue weighted by molar-refractivity contribution is 6.93. The molecule has 3 aliphatic rings. The van der Waals surface area contributed by atoms with Crippen molar-refractivity contribution in [1.82, 2.24) is 0 Å². The van der Waals surface area contributed by atoms with Crippen LogP contribution in [0.3, 0.4) is 0 Å². The lowest BCUT2D eigenvalue weighted by atomic mass is 10.4. The van der Waals surface area contributed by atoms with Gasteiger partial charge in [-0.15, -0.1) is 0 Å². The van der Waals surface area contributed by atoms with Crippen LogP contribution in [-0.4, -0.2) is 67.0 Å². The van der Waals surface area contributed by atoms with E-state index in [-0.39, 0.29) is 0 Å². The second-order valence-electron chi connectivity index (χ2n) is 11.9. The molecule has 3 saturated heterocycles. The van der Waals surface area contributed by atoms with Gasteiger partial charge in [-0.2, -0.15) is 0 Å². The zero-order valence-corrected chi connectivity index (χ0v) is 25.5. The second-order valence-corrected chi connectivity index (χ2v) is 34.4. The maximum absolute atomic E-state index is 5.77. The van der Waals surface area contributed by atoms with Crippen LogP contribution in [0.15, 0.2) is 0 Å². The van der Waals surface area contributed by atoms with Gasteiger partial charge in [0.1, 0.15) is 0 Å². The van der Waals surface area contributed by atoms with E-state index >= 15 is 0 Å². The molecule has 3 rings (SSSR count). The molecule has 0 unspecified atom stereocenters. The molecule has 0 bridgehead atoms. The van der Waals surface area contributed by atoms with Crippen LogP contribution in [0.2, 0.25) is 83.2 Å². The maximum atomic E-state index is 5.77. The van der Waals surface area contributed by atoms with Crippen molar-refractivity contribution >= 4 is 41.3 Å². The number of hydrogen-bond acceptors (Lipinski definition) is 4. The SMILES string of the molecule is C[Si]1(C)CCCCO1.C[Si]1(C)CCO[Si](C)(C)C1.C[Si]1(C)CO[Si](C)(C)CO1. The van der Waals surface area contributed by atoms with E-state index < -0.39 is 41.3 Å². The van der Waals surface area contributed by atoms with Gasteiger partial charge in [-0.25, -0.2) is 0 Å². The zero-order chi connectivity index (χ0) is 21.7. The van der Waals surface area contributed by atoms with Gasteiger partial charge in [0.2, 0.25) is 16.6 Å². The summed E-state index contributed by atoms with van der Waals surface area (Å²) in [4.78, 5) is 0. The Labute approximate surface area is 180 Å². The predicted molar refractivity (Wildman–Crippen MR) is 135 cm³/mol. The van der Waals surface area contributed by atoms with Gasteiger partial charge in [0.05, 0.1) is 12.5 Å². The fraction of sp³-hybridized carbons (Fsp3) is 1.00. The van der Waals surface area contributed by atoms with E-state index in [0.717, 1.165) is 25.7 Å². The van der Waals surface area contributed by atoms with E-state index in [1.165, 1.54) is 30.6 Å². The molecule has 3 aliphatic heterocycles. The van der Waals surface area contributed by atoms with Crippen LogP contribution in [0.5, 0.6) is 0 Å². The van der Waals surface area contributed by atoms with Crippen molar-refractivity contribution in [1.29, 1.82) is 0 Å². The van der Waals surface area contributed by atoms with Crippen LogP contribution in [0.25, 0.3) is 0 Å². The molecule has 0 aromatic heterocycles. The van der Waals surface area contributed by atoms with Crippen LogP contribution in [0.4, 0.5) is 0 Å². The standard InChI is InChI=1S/C7H18OSi2.C6H16O2Si2.C6H14OSi/c1-9(2)6-5-8-10(3,4)7-9;1-9(2)5-8-10(3,4)6-7-9;1-8(2)6-4-3-5-7-8/h5-7H2,1-4H3;5-6H2,1-4H3;3-6H2,1-2H3. The Morgan fingerprint density at radius 1 is 0.464 bits per heavy atom. The molecular weight excluding hydrogens is 433 g/mol. The molecule has 9 heteroatoms. The minimum absolute atomic E-state index is 0.789. The quantitative estimate of drug-likeness (QED) is 0.399. The summed E-state index contributed by atoms with van der Waals surface area (Å²) < 4.78 is 22.9. The first kappa shape index (κ1) is 27.0. The topological polar surface area (TPSA) is 36.9 Å². The monoisotopic (exact) mass is 480 g/mol. The molecule has 0 aromatic carbocycles. The molecule has 0 N–H and O–H groups in total. The summed E-state index contributed by atoms with van der Waals surface area (Å²) in [6.45, 7) is 25.2. The summed E-state index contributed by atoms with van der Waals surface area (Å²) in [5, 5.41) is 0. The van der Waals surface area contributed by atoms with Gasteiger partial charge in [0.25, 0.3) is 0 Å². The molecular formula is C19H48O4Si5. The summed E-state index contributed by atoms with van der Waals surface area (Å²) in [6.07, 6.45) is 4.48. The summed E-state index contributed by atoms with van der Waals surface area (Å²) in [5.74, 6) is 0. The molecule has 168 valence electrons. The molecule has 0 spiro atoms. The van der Waals surface area contributed by atoms with Crippen molar-refractivity contribution in [2.45, 2.75) is 96.1 Å². The van der Waals surface area contributed by atoms with Gasteiger partial charge in [-0.1, -0.05) is 19.5 Å². The van der Waals surface area contributed by atoms with E-state index in [2.05, 4.69) is 65.5 Å². The normalized spacial score (nSPS) is 29.4. The number of rotatable bonds is 0. The van der Waals surface area contributed by atoms with E-state index in [0.29, 0.717) is 0 Å². The molecule has 0 atom stereocenters. The van der Waals surface area contributed by atoms with Crippen molar-refractivity contribution in [3.63, 3.8) is 0 Å². The lowest BCUT2D eigenvalue weighted by molar-refractivity contribution is 0.235. The Balaban J connectivity index is 0.000000212. The van der Waals surface area contributed by atoms with Crippen molar-refractivity contribution in [3.05, 3.63) is 0 Å². The Kier molecular flexibility index (Phi) is 10.1. The largest absolute Gasteiger partial charge is 0.418 e. The van der Waals surface area contributed by atoms with Crippen molar-refractivity contribution in [2.24, 2.45) is 0 Å². The van der Waals surface area contributed by atoms with Crippen molar-refractivity contribution in [2.75, 3.05) is 25.7 Å². The smallest absolute Gasteiger partial charge is 0.210 e. The van der Waals surface area contributed by atoms with Gasteiger partial charge >= 0.3 is 0 Å². The molecule has 0 amide bonds.